The third kappa shape index (κ3) is 3.79. The molecule has 0 spiro atoms. The molecule has 3 rings (SSSR count). The highest BCUT2D eigenvalue weighted by molar-refractivity contribution is 7.89. The number of pyridine rings is 1. The van der Waals surface area contributed by atoms with Gasteiger partial charge in [-0.2, -0.15) is 4.31 Å². The van der Waals surface area contributed by atoms with Crippen molar-refractivity contribution in [3.8, 4) is 0 Å². The Bertz CT molecular complexity index is 1000. The molecule has 1 aliphatic heterocycles. The zero-order chi connectivity index (χ0) is 20.6. The van der Waals surface area contributed by atoms with E-state index in [4.69, 9.17) is 11.6 Å². The van der Waals surface area contributed by atoms with E-state index in [9.17, 15) is 13.2 Å². The Hall–Kier alpha value is -1.96. The molecule has 0 bridgehead atoms. The monoisotopic (exact) mass is 421 g/mol. The Morgan fingerprint density at radius 1 is 1.00 bits per heavy atom. The van der Waals surface area contributed by atoms with E-state index < -0.39 is 10.0 Å². The lowest BCUT2D eigenvalue weighted by Gasteiger charge is -2.34. The lowest BCUT2D eigenvalue weighted by atomic mass is 10.0. The van der Waals surface area contributed by atoms with E-state index in [1.54, 1.807) is 11.0 Å². The number of halogens is 1. The van der Waals surface area contributed by atoms with Gasteiger partial charge >= 0.3 is 0 Å². The van der Waals surface area contributed by atoms with E-state index >= 15 is 0 Å². The van der Waals surface area contributed by atoms with Gasteiger partial charge in [0.25, 0.3) is 5.91 Å². The number of nitrogens with zero attached hydrogens (tertiary/aromatic N) is 3. The molecule has 6 nitrogen and oxygen atoms in total. The van der Waals surface area contributed by atoms with Crippen molar-refractivity contribution >= 4 is 27.5 Å². The van der Waals surface area contributed by atoms with Crippen molar-refractivity contribution in [1.29, 1.82) is 0 Å². The number of aromatic nitrogens is 1. The molecule has 1 amide bonds. The molecule has 1 aliphatic rings. The number of hydrogen-bond acceptors (Lipinski definition) is 4. The Labute approximate surface area is 171 Å². The molecule has 150 valence electrons. The SMILES string of the molecule is Cc1cc(C)c(C)c(S(=O)(=O)N2CCN(C(=O)c3ccnc(Cl)c3)CC2)c1C. The average Bonchev–Trinajstić information content (AvgIpc) is 2.66. The average molecular weight is 422 g/mol. The Kier molecular flexibility index (Phi) is 5.79. The van der Waals surface area contributed by atoms with Crippen LogP contribution in [0.15, 0.2) is 29.3 Å². The van der Waals surface area contributed by atoms with E-state index in [0.717, 1.165) is 22.3 Å². The first kappa shape index (κ1) is 20.8. The van der Waals surface area contributed by atoms with Crippen LogP contribution < -0.4 is 0 Å². The summed E-state index contributed by atoms with van der Waals surface area (Å²) < 4.78 is 28.1. The summed E-state index contributed by atoms with van der Waals surface area (Å²) in [5.41, 5.74) is 3.95. The van der Waals surface area contributed by atoms with E-state index in [2.05, 4.69) is 4.98 Å². The molecule has 0 atom stereocenters. The number of piperazine rings is 1. The van der Waals surface area contributed by atoms with Gasteiger partial charge in [-0.1, -0.05) is 17.7 Å². The summed E-state index contributed by atoms with van der Waals surface area (Å²) in [5.74, 6) is -0.167. The Balaban J connectivity index is 1.81. The van der Waals surface area contributed by atoms with Gasteiger partial charge in [0.1, 0.15) is 5.15 Å². The number of benzene rings is 1. The topological polar surface area (TPSA) is 70.6 Å². The van der Waals surface area contributed by atoms with Crippen LogP contribution in [0.2, 0.25) is 5.15 Å². The molecule has 1 saturated heterocycles. The maximum Gasteiger partial charge on any atom is 0.254 e. The highest BCUT2D eigenvalue weighted by atomic mass is 35.5. The van der Waals surface area contributed by atoms with Crippen LogP contribution in [0.1, 0.15) is 32.6 Å². The normalized spacial score (nSPS) is 15.7. The first-order chi connectivity index (χ1) is 13.1. The molecule has 0 unspecified atom stereocenters. The molecule has 1 aromatic carbocycles. The van der Waals surface area contributed by atoms with Crippen LogP contribution >= 0.6 is 11.6 Å². The number of hydrogen-bond donors (Lipinski definition) is 0. The van der Waals surface area contributed by atoms with Crippen LogP contribution in [0.25, 0.3) is 0 Å². The largest absolute Gasteiger partial charge is 0.336 e. The summed E-state index contributed by atoms with van der Waals surface area (Å²) >= 11 is 5.86. The first-order valence-corrected chi connectivity index (χ1v) is 10.9. The first-order valence-electron chi connectivity index (χ1n) is 9.11. The van der Waals surface area contributed by atoms with Gasteiger partial charge < -0.3 is 4.90 Å². The highest BCUT2D eigenvalue weighted by Crippen LogP contribution is 2.29. The van der Waals surface area contributed by atoms with Gasteiger partial charge in [0, 0.05) is 37.9 Å². The number of carbonyl (C=O) groups is 1. The van der Waals surface area contributed by atoms with Gasteiger partial charge in [-0.3, -0.25) is 4.79 Å². The van der Waals surface area contributed by atoms with Crippen molar-refractivity contribution < 1.29 is 13.2 Å². The summed E-state index contributed by atoms with van der Waals surface area (Å²) in [4.78, 5) is 18.6. The number of carbonyl (C=O) groups excluding carboxylic acids is 1. The zero-order valence-electron chi connectivity index (χ0n) is 16.5. The van der Waals surface area contributed by atoms with Crippen LogP contribution in [0, 0.1) is 27.7 Å². The minimum absolute atomic E-state index is 0.167. The standard InChI is InChI=1S/C20H24ClN3O3S/c1-13-11-14(2)16(4)19(15(13)3)28(26,27)24-9-7-23(8-10-24)20(25)17-5-6-22-18(21)12-17/h5-6,11-12H,7-10H2,1-4H3. The quantitative estimate of drug-likeness (QED) is 0.714. The van der Waals surface area contributed by atoms with Crippen LogP contribution in [-0.4, -0.2) is 54.7 Å². The molecule has 2 heterocycles. The number of amides is 1. The summed E-state index contributed by atoms with van der Waals surface area (Å²) in [6.45, 7) is 8.75. The molecule has 0 N–H and O–H groups in total. The molecule has 28 heavy (non-hydrogen) atoms. The van der Waals surface area contributed by atoms with Crippen LogP contribution in [0.5, 0.6) is 0 Å². The zero-order valence-corrected chi connectivity index (χ0v) is 18.1. The summed E-state index contributed by atoms with van der Waals surface area (Å²) in [6, 6.07) is 5.15. The number of rotatable bonds is 3. The second-order valence-corrected chi connectivity index (χ2v) is 9.42. The Morgan fingerprint density at radius 3 is 2.11 bits per heavy atom. The second-order valence-electron chi connectivity index (χ2n) is 7.15. The number of aryl methyl sites for hydroxylation is 2. The smallest absolute Gasteiger partial charge is 0.254 e. The maximum absolute atomic E-state index is 13.3. The summed E-state index contributed by atoms with van der Waals surface area (Å²) in [5, 5.41) is 0.257. The molecular weight excluding hydrogens is 398 g/mol. The second kappa shape index (κ2) is 7.81. The van der Waals surface area contributed by atoms with Crippen molar-refractivity contribution in [2.75, 3.05) is 26.2 Å². The lowest BCUT2D eigenvalue weighted by molar-refractivity contribution is 0.0697. The van der Waals surface area contributed by atoms with Crippen molar-refractivity contribution in [2.45, 2.75) is 32.6 Å². The molecule has 0 saturated carbocycles. The molecule has 2 aromatic rings. The van der Waals surface area contributed by atoms with Gasteiger partial charge in [-0.15, -0.1) is 0 Å². The highest BCUT2D eigenvalue weighted by Gasteiger charge is 2.33. The molecule has 8 heteroatoms. The predicted octanol–water partition coefficient (Wildman–Crippen LogP) is 3.12. The lowest BCUT2D eigenvalue weighted by Crippen LogP contribution is -2.50. The van der Waals surface area contributed by atoms with Gasteiger partial charge in [0.2, 0.25) is 10.0 Å². The van der Waals surface area contributed by atoms with Crippen LogP contribution in [0.4, 0.5) is 0 Å². The third-order valence-corrected chi connectivity index (χ3v) is 7.77. The van der Waals surface area contributed by atoms with E-state index in [1.165, 1.54) is 16.6 Å². The minimum atomic E-state index is -3.62. The fourth-order valence-corrected chi connectivity index (χ4v) is 5.72. The van der Waals surface area contributed by atoms with Gasteiger partial charge in [-0.25, -0.2) is 13.4 Å². The number of sulfonamides is 1. The van der Waals surface area contributed by atoms with Crippen molar-refractivity contribution in [1.82, 2.24) is 14.2 Å². The molecule has 1 aromatic heterocycles. The van der Waals surface area contributed by atoms with Crippen LogP contribution in [0.3, 0.4) is 0 Å². The van der Waals surface area contributed by atoms with Crippen molar-refractivity contribution in [3.05, 3.63) is 57.4 Å². The van der Waals surface area contributed by atoms with E-state index in [-0.39, 0.29) is 24.1 Å². The maximum atomic E-state index is 13.3. The predicted molar refractivity (Wildman–Crippen MR) is 109 cm³/mol. The summed E-state index contributed by atoms with van der Waals surface area (Å²) in [7, 11) is -3.62. The van der Waals surface area contributed by atoms with Gasteiger partial charge in [0.15, 0.2) is 0 Å². The third-order valence-electron chi connectivity index (χ3n) is 5.39. The Morgan fingerprint density at radius 2 is 1.57 bits per heavy atom. The van der Waals surface area contributed by atoms with Gasteiger partial charge in [-0.05, 0) is 62.1 Å². The fraction of sp³-hybridized carbons (Fsp3) is 0.400. The van der Waals surface area contributed by atoms with Crippen molar-refractivity contribution in [3.63, 3.8) is 0 Å². The molecular formula is C20H24ClN3O3S. The van der Waals surface area contributed by atoms with Crippen LogP contribution in [-0.2, 0) is 10.0 Å². The fourth-order valence-electron chi connectivity index (χ4n) is 3.55. The van der Waals surface area contributed by atoms with Gasteiger partial charge in [0.05, 0.1) is 4.90 Å². The molecule has 0 radical (unpaired) electrons. The van der Waals surface area contributed by atoms with Crippen molar-refractivity contribution in [2.24, 2.45) is 0 Å². The molecule has 0 aliphatic carbocycles. The minimum Gasteiger partial charge on any atom is -0.336 e. The van der Waals surface area contributed by atoms with E-state index in [1.807, 2.05) is 33.8 Å². The van der Waals surface area contributed by atoms with E-state index in [0.29, 0.717) is 23.5 Å². The molecule has 1 fully saturated rings. The summed E-state index contributed by atoms with van der Waals surface area (Å²) in [6.07, 6.45) is 1.49.